The molecule has 2 N–H and O–H groups in total. The van der Waals surface area contributed by atoms with Gasteiger partial charge >= 0.3 is 0 Å². The van der Waals surface area contributed by atoms with Crippen molar-refractivity contribution in [3.63, 3.8) is 0 Å². The highest BCUT2D eigenvalue weighted by molar-refractivity contribution is 7.15. The van der Waals surface area contributed by atoms with E-state index >= 15 is 0 Å². The Kier molecular flexibility index (Phi) is 5.07. The minimum absolute atomic E-state index is 0.0348. The van der Waals surface area contributed by atoms with Crippen LogP contribution in [-0.4, -0.2) is 28.7 Å². The number of hydrogen-bond acceptors (Lipinski definition) is 5. The maximum Gasteiger partial charge on any atom is 0.227 e. The van der Waals surface area contributed by atoms with Gasteiger partial charge in [0.2, 0.25) is 11.0 Å². The summed E-state index contributed by atoms with van der Waals surface area (Å²) in [6, 6.07) is 0.331. The van der Waals surface area contributed by atoms with Crippen molar-refractivity contribution in [2.45, 2.75) is 51.5 Å². The molecule has 0 aromatic carbocycles. The molecule has 1 fully saturated rings. The van der Waals surface area contributed by atoms with Crippen LogP contribution in [0.4, 0.5) is 5.13 Å². The minimum atomic E-state index is 0.0348. The Labute approximate surface area is 111 Å². The van der Waals surface area contributed by atoms with Crippen molar-refractivity contribution in [2.24, 2.45) is 0 Å². The average Bonchev–Trinajstić information content (AvgIpc) is 2.98. The van der Waals surface area contributed by atoms with Crippen LogP contribution in [0.1, 0.15) is 44.0 Å². The van der Waals surface area contributed by atoms with Crippen LogP contribution in [0.15, 0.2) is 0 Å². The molecule has 5 nitrogen and oxygen atoms in total. The number of carbonyl (C=O) groups is 1. The predicted octanol–water partition coefficient (Wildman–Crippen LogP) is 1.96. The molecule has 6 heteroatoms. The Balaban J connectivity index is 1.77. The van der Waals surface area contributed by atoms with E-state index in [-0.39, 0.29) is 5.91 Å². The summed E-state index contributed by atoms with van der Waals surface area (Å²) in [6.07, 6.45) is 6.00. The molecule has 0 aliphatic carbocycles. The molecule has 2 rings (SSSR count). The zero-order valence-corrected chi connectivity index (χ0v) is 11.6. The molecule has 1 atom stereocenters. The molecule has 1 aromatic heterocycles. The molecular formula is C12H20N4OS. The van der Waals surface area contributed by atoms with Gasteiger partial charge in [-0.05, 0) is 25.8 Å². The van der Waals surface area contributed by atoms with Crippen molar-refractivity contribution in [3.8, 4) is 0 Å². The van der Waals surface area contributed by atoms with Crippen LogP contribution in [-0.2, 0) is 11.2 Å². The Bertz CT molecular complexity index is 387. The lowest BCUT2D eigenvalue weighted by atomic mass is 10.1. The summed E-state index contributed by atoms with van der Waals surface area (Å²) in [4.78, 5) is 11.8. The van der Waals surface area contributed by atoms with Crippen molar-refractivity contribution in [1.29, 1.82) is 0 Å². The van der Waals surface area contributed by atoms with Gasteiger partial charge in [-0.2, -0.15) is 0 Å². The monoisotopic (exact) mass is 268 g/mol. The van der Waals surface area contributed by atoms with Crippen molar-refractivity contribution in [2.75, 3.05) is 11.9 Å². The van der Waals surface area contributed by atoms with Crippen LogP contribution in [0.3, 0.4) is 0 Å². The lowest BCUT2D eigenvalue weighted by Crippen LogP contribution is -2.27. The van der Waals surface area contributed by atoms with Gasteiger partial charge in [0.1, 0.15) is 5.01 Å². The van der Waals surface area contributed by atoms with Gasteiger partial charge in [0.15, 0.2) is 0 Å². The normalized spacial score (nSPS) is 19.1. The summed E-state index contributed by atoms with van der Waals surface area (Å²) in [5.41, 5.74) is 0. The van der Waals surface area contributed by atoms with E-state index in [2.05, 4.69) is 27.8 Å². The number of aryl methyl sites for hydroxylation is 1. The Morgan fingerprint density at radius 3 is 3.17 bits per heavy atom. The van der Waals surface area contributed by atoms with Gasteiger partial charge in [-0.1, -0.05) is 24.7 Å². The zero-order chi connectivity index (χ0) is 12.8. The van der Waals surface area contributed by atoms with Gasteiger partial charge in [0.25, 0.3) is 0 Å². The van der Waals surface area contributed by atoms with E-state index in [0.717, 1.165) is 43.7 Å². The molecule has 0 bridgehead atoms. The zero-order valence-electron chi connectivity index (χ0n) is 10.7. The number of amides is 1. The lowest BCUT2D eigenvalue weighted by Gasteiger charge is -2.08. The van der Waals surface area contributed by atoms with Crippen LogP contribution in [0.2, 0.25) is 0 Å². The third-order valence-electron chi connectivity index (χ3n) is 3.05. The molecule has 0 radical (unpaired) electrons. The van der Waals surface area contributed by atoms with E-state index in [1.807, 2.05) is 0 Å². The number of carbonyl (C=O) groups excluding carboxylic acids is 1. The summed E-state index contributed by atoms with van der Waals surface area (Å²) < 4.78 is 0. The van der Waals surface area contributed by atoms with E-state index in [1.54, 1.807) is 0 Å². The fourth-order valence-electron chi connectivity index (χ4n) is 2.06. The minimum Gasteiger partial charge on any atom is -0.313 e. The van der Waals surface area contributed by atoms with Gasteiger partial charge in [0.05, 0.1) is 0 Å². The fraction of sp³-hybridized carbons (Fsp3) is 0.750. The van der Waals surface area contributed by atoms with Gasteiger partial charge in [0, 0.05) is 18.9 Å². The van der Waals surface area contributed by atoms with Crippen LogP contribution < -0.4 is 10.6 Å². The van der Waals surface area contributed by atoms with Crippen LogP contribution >= 0.6 is 11.3 Å². The third kappa shape index (κ3) is 4.03. The van der Waals surface area contributed by atoms with E-state index in [0.29, 0.717) is 17.6 Å². The van der Waals surface area contributed by atoms with E-state index in [4.69, 9.17) is 0 Å². The number of aromatic nitrogens is 2. The second-order valence-corrected chi connectivity index (χ2v) is 5.71. The molecule has 1 saturated heterocycles. The quantitative estimate of drug-likeness (QED) is 0.827. The molecule has 1 aliphatic heterocycles. The first kappa shape index (κ1) is 13.4. The lowest BCUT2D eigenvalue weighted by molar-refractivity contribution is -0.116. The number of nitrogens with zero attached hydrogens (tertiary/aromatic N) is 2. The summed E-state index contributed by atoms with van der Waals surface area (Å²) in [5, 5.41) is 15.9. The van der Waals surface area contributed by atoms with Crippen molar-refractivity contribution in [3.05, 3.63) is 5.01 Å². The Morgan fingerprint density at radius 2 is 2.44 bits per heavy atom. The van der Waals surface area contributed by atoms with E-state index in [9.17, 15) is 4.79 Å². The molecule has 18 heavy (non-hydrogen) atoms. The first-order chi connectivity index (χ1) is 8.78. The maximum absolute atomic E-state index is 11.8. The number of rotatable bonds is 6. The highest BCUT2D eigenvalue weighted by Crippen LogP contribution is 2.18. The fourth-order valence-corrected chi connectivity index (χ4v) is 2.86. The first-order valence-corrected chi connectivity index (χ1v) is 7.45. The molecule has 1 aromatic rings. The van der Waals surface area contributed by atoms with Gasteiger partial charge < -0.3 is 10.6 Å². The molecule has 100 valence electrons. The van der Waals surface area contributed by atoms with Gasteiger partial charge in [-0.3, -0.25) is 4.79 Å². The van der Waals surface area contributed by atoms with Gasteiger partial charge in [-0.15, -0.1) is 10.2 Å². The van der Waals surface area contributed by atoms with Crippen LogP contribution in [0.25, 0.3) is 0 Å². The van der Waals surface area contributed by atoms with E-state index in [1.165, 1.54) is 11.3 Å². The number of anilines is 1. The Hall–Kier alpha value is -1.01. The van der Waals surface area contributed by atoms with Crippen LogP contribution in [0.5, 0.6) is 0 Å². The topological polar surface area (TPSA) is 66.9 Å². The molecule has 0 spiro atoms. The summed E-state index contributed by atoms with van der Waals surface area (Å²) in [6.45, 7) is 3.18. The molecule has 2 heterocycles. The second-order valence-electron chi connectivity index (χ2n) is 4.65. The molecule has 0 saturated carbocycles. The standard InChI is InChI=1S/C12H20N4OS/c1-2-3-6-11-15-16-12(18-11)14-10(17)8-9-5-4-7-13-9/h9,13H,2-8H2,1H3,(H,14,16,17). The summed E-state index contributed by atoms with van der Waals surface area (Å²) in [5.74, 6) is 0.0348. The predicted molar refractivity (Wildman–Crippen MR) is 72.8 cm³/mol. The molecule has 1 unspecified atom stereocenters. The molecule has 1 amide bonds. The number of unbranched alkanes of at least 4 members (excludes halogenated alkanes) is 1. The van der Waals surface area contributed by atoms with Crippen molar-refractivity contribution >= 4 is 22.4 Å². The molecular weight excluding hydrogens is 248 g/mol. The highest BCUT2D eigenvalue weighted by atomic mass is 32.1. The van der Waals surface area contributed by atoms with E-state index < -0.39 is 0 Å². The van der Waals surface area contributed by atoms with Crippen LogP contribution in [0, 0.1) is 0 Å². The molecule has 1 aliphatic rings. The third-order valence-corrected chi connectivity index (χ3v) is 3.95. The smallest absolute Gasteiger partial charge is 0.227 e. The second kappa shape index (κ2) is 6.80. The average molecular weight is 268 g/mol. The highest BCUT2D eigenvalue weighted by Gasteiger charge is 2.18. The number of hydrogen-bond donors (Lipinski definition) is 2. The SMILES string of the molecule is CCCCc1nnc(NC(=O)CC2CCCN2)s1. The maximum atomic E-state index is 11.8. The summed E-state index contributed by atoms with van der Waals surface area (Å²) in [7, 11) is 0. The first-order valence-electron chi connectivity index (χ1n) is 6.63. The number of nitrogens with one attached hydrogen (secondary N) is 2. The largest absolute Gasteiger partial charge is 0.313 e. The summed E-state index contributed by atoms with van der Waals surface area (Å²) >= 11 is 1.48. The Morgan fingerprint density at radius 1 is 1.56 bits per heavy atom. The van der Waals surface area contributed by atoms with Crippen molar-refractivity contribution in [1.82, 2.24) is 15.5 Å². The van der Waals surface area contributed by atoms with Crippen molar-refractivity contribution < 1.29 is 4.79 Å². The van der Waals surface area contributed by atoms with Gasteiger partial charge in [-0.25, -0.2) is 0 Å².